The van der Waals surface area contributed by atoms with E-state index >= 15 is 0 Å². The highest BCUT2D eigenvalue weighted by Crippen LogP contribution is 2.24. The molecule has 0 unspecified atom stereocenters. The second-order valence-corrected chi connectivity index (χ2v) is 8.22. The van der Waals surface area contributed by atoms with Crippen molar-refractivity contribution in [2.75, 3.05) is 13.1 Å². The SMILES string of the molecule is CCn1nc(C)c(S(=O)(=O)N[C@H]2CN(C(C)C)C[C@H]2C)c1C. The van der Waals surface area contributed by atoms with Gasteiger partial charge in [0, 0.05) is 31.7 Å². The van der Waals surface area contributed by atoms with Crippen LogP contribution in [0.1, 0.15) is 39.1 Å². The van der Waals surface area contributed by atoms with Gasteiger partial charge in [-0.1, -0.05) is 6.92 Å². The number of hydrogen-bond donors (Lipinski definition) is 1. The zero-order valence-corrected chi connectivity index (χ0v) is 15.2. The Bertz CT molecular complexity index is 636. The number of nitrogens with one attached hydrogen (secondary N) is 1. The fourth-order valence-corrected chi connectivity index (χ4v) is 4.96. The van der Waals surface area contributed by atoms with Crippen molar-refractivity contribution >= 4 is 10.0 Å². The number of nitrogens with zero attached hydrogens (tertiary/aromatic N) is 3. The normalized spacial score (nSPS) is 23.6. The van der Waals surface area contributed by atoms with Crippen molar-refractivity contribution in [3.63, 3.8) is 0 Å². The summed E-state index contributed by atoms with van der Waals surface area (Å²) >= 11 is 0. The first-order valence-electron chi connectivity index (χ1n) is 7.97. The Hall–Kier alpha value is -0.920. The molecule has 0 radical (unpaired) electrons. The Morgan fingerprint density at radius 1 is 1.32 bits per heavy atom. The predicted molar refractivity (Wildman–Crippen MR) is 87.4 cm³/mol. The minimum Gasteiger partial charge on any atom is -0.299 e. The average Bonchev–Trinajstić information content (AvgIpc) is 2.90. The van der Waals surface area contributed by atoms with Gasteiger partial charge in [-0.05, 0) is 40.5 Å². The summed E-state index contributed by atoms with van der Waals surface area (Å²) in [7, 11) is -3.54. The van der Waals surface area contributed by atoms with E-state index in [2.05, 4.69) is 35.5 Å². The topological polar surface area (TPSA) is 67.2 Å². The van der Waals surface area contributed by atoms with Crippen LogP contribution < -0.4 is 4.72 Å². The lowest BCUT2D eigenvalue weighted by Gasteiger charge is -2.20. The molecule has 2 rings (SSSR count). The third kappa shape index (κ3) is 3.21. The fourth-order valence-electron chi connectivity index (χ4n) is 3.21. The molecule has 1 aromatic rings. The highest BCUT2D eigenvalue weighted by atomic mass is 32.2. The van der Waals surface area contributed by atoms with Gasteiger partial charge < -0.3 is 0 Å². The lowest BCUT2D eigenvalue weighted by atomic mass is 10.1. The van der Waals surface area contributed by atoms with E-state index in [-0.39, 0.29) is 6.04 Å². The van der Waals surface area contributed by atoms with Crippen LogP contribution >= 0.6 is 0 Å². The molecule has 1 saturated heterocycles. The minimum atomic E-state index is -3.54. The molecule has 0 amide bonds. The van der Waals surface area contributed by atoms with Gasteiger partial charge in [-0.25, -0.2) is 13.1 Å². The molecule has 22 heavy (non-hydrogen) atoms. The minimum absolute atomic E-state index is 0.0452. The molecule has 2 heterocycles. The van der Waals surface area contributed by atoms with Crippen LogP contribution in [0.15, 0.2) is 4.90 Å². The van der Waals surface area contributed by atoms with Crippen molar-refractivity contribution in [2.24, 2.45) is 5.92 Å². The first-order valence-corrected chi connectivity index (χ1v) is 9.46. The number of sulfonamides is 1. The standard InChI is InChI=1S/C15H28N4O2S/c1-7-19-13(6)15(12(5)16-19)22(20,21)17-14-9-18(10(2)3)8-11(14)4/h10-11,14,17H,7-9H2,1-6H3/t11-,14+/m1/s1. The smallest absolute Gasteiger partial charge is 0.244 e. The Morgan fingerprint density at radius 2 is 1.95 bits per heavy atom. The summed E-state index contributed by atoms with van der Waals surface area (Å²) in [5, 5.41) is 4.32. The van der Waals surface area contributed by atoms with Gasteiger partial charge >= 0.3 is 0 Å². The Morgan fingerprint density at radius 3 is 2.41 bits per heavy atom. The Balaban J connectivity index is 2.24. The van der Waals surface area contributed by atoms with Gasteiger partial charge in [-0.15, -0.1) is 0 Å². The van der Waals surface area contributed by atoms with E-state index in [0.717, 1.165) is 13.1 Å². The molecule has 7 heteroatoms. The summed E-state index contributed by atoms with van der Waals surface area (Å²) in [6.07, 6.45) is 0. The van der Waals surface area contributed by atoms with Crippen molar-refractivity contribution in [3.05, 3.63) is 11.4 Å². The summed E-state index contributed by atoms with van der Waals surface area (Å²) in [6, 6.07) is 0.388. The van der Waals surface area contributed by atoms with Crippen molar-refractivity contribution in [2.45, 2.75) is 65.1 Å². The lowest BCUT2D eigenvalue weighted by molar-refractivity contribution is 0.265. The molecule has 6 nitrogen and oxygen atoms in total. The number of hydrogen-bond acceptors (Lipinski definition) is 4. The summed E-state index contributed by atoms with van der Waals surface area (Å²) in [5.74, 6) is 0.305. The summed E-state index contributed by atoms with van der Waals surface area (Å²) in [4.78, 5) is 2.65. The average molecular weight is 328 g/mol. The molecular formula is C15H28N4O2S. The molecule has 1 N–H and O–H groups in total. The number of aryl methyl sites for hydroxylation is 2. The van der Waals surface area contributed by atoms with Crippen molar-refractivity contribution in [1.82, 2.24) is 19.4 Å². The van der Waals surface area contributed by atoms with Crippen LogP contribution in [0.25, 0.3) is 0 Å². The van der Waals surface area contributed by atoms with Gasteiger partial charge in [0.1, 0.15) is 4.90 Å². The molecule has 0 saturated carbocycles. The maximum atomic E-state index is 12.8. The monoisotopic (exact) mass is 328 g/mol. The highest BCUT2D eigenvalue weighted by molar-refractivity contribution is 7.89. The van der Waals surface area contributed by atoms with Gasteiger partial charge in [0.2, 0.25) is 10.0 Å². The van der Waals surface area contributed by atoms with Crippen LogP contribution in [-0.4, -0.2) is 48.3 Å². The number of aromatic nitrogens is 2. The molecule has 126 valence electrons. The van der Waals surface area contributed by atoms with Crippen LogP contribution in [0.5, 0.6) is 0 Å². The van der Waals surface area contributed by atoms with Gasteiger partial charge in [0.15, 0.2) is 0 Å². The third-order valence-electron chi connectivity index (χ3n) is 4.56. The van der Waals surface area contributed by atoms with Gasteiger partial charge in [0.05, 0.1) is 11.4 Å². The van der Waals surface area contributed by atoms with Gasteiger partial charge in [-0.2, -0.15) is 5.10 Å². The van der Waals surface area contributed by atoms with Crippen LogP contribution in [-0.2, 0) is 16.6 Å². The van der Waals surface area contributed by atoms with E-state index in [1.54, 1.807) is 11.6 Å². The Kier molecular flexibility index (Phi) is 4.99. The van der Waals surface area contributed by atoms with Crippen molar-refractivity contribution in [1.29, 1.82) is 0 Å². The third-order valence-corrected chi connectivity index (χ3v) is 6.30. The summed E-state index contributed by atoms with van der Waals surface area (Å²) in [5.41, 5.74) is 1.28. The highest BCUT2D eigenvalue weighted by Gasteiger charge is 2.35. The molecule has 0 aliphatic carbocycles. The van der Waals surface area contributed by atoms with E-state index in [1.165, 1.54) is 0 Å². The number of likely N-dealkylation sites (tertiary alicyclic amines) is 1. The second-order valence-electron chi connectivity index (χ2n) is 6.57. The van der Waals surface area contributed by atoms with Crippen molar-refractivity contribution < 1.29 is 8.42 Å². The maximum Gasteiger partial charge on any atom is 0.244 e. The van der Waals surface area contributed by atoms with Crippen LogP contribution in [0.4, 0.5) is 0 Å². The molecule has 1 aromatic heterocycles. The maximum absolute atomic E-state index is 12.8. The zero-order valence-electron chi connectivity index (χ0n) is 14.4. The van der Waals surface area contributed by atoms with Crippen LogP contribution in [0.2, 0.25) is 0 Å². The van der Waals surface area contributed by atoms with E-state index in [9.17, 15) is 8.42 Å². The molecule has 1 aliphatic heterocycles. The van der Waals surface area contributed by atoms with Crippen LogP contribution in [0, 0.1) is 19.8 Å². The van der Waals surface area contributed by atoms with E-state index in [1.807, 2.05) is 13.8 Å². The largest absolute Gasteiger partial charge is 0.299 e. The molecular weight excluding hydrogens is 300 g/mol. The fraction of sp³-hybridized carbons (Fsp3) is 0.800. The molecule has 1 aliphatic rings. The summed E-state index contributed by atoms with van der Waals surface area (Å²) in [6.45, 7) is 14.3. The van der Waals surface area contributed by atoms with Crippen LogP contribution in [0.3, 0.4) is 0 Å². The second kappa shape index (κ2) is 6.29. The molecule has 0 spiro atoms. The molecule has 0 bridgehead atoms. The number of rotatable bonds is 5. The predicted octanol–water partition coefficient (Wildman–Crippen LogP) is 1.53. The summed E-state index contributed by atoms with van der Waals surface area (Å²) < 4.78 is 30.2. The van der Waals surface area contributed by atoms with Crippen molar-refractivity contribution in [3.8, 4) is 0 Å². The quantitative estimate of drug-likeness (QED) is 0.890. The molecule has 2 atom stereocenters. The zero-order chi connectivity index (χ0) is 16.7. The van der Waals surface area contributed by atoms with E-state index in [0.29, 0.717) is 34.8 Å². The molecule has 0 aromatic carbocycles. The lowest BCUT2D eigenvalue weighted by Crippen LogP contribution is -2.40. The first-order chi connectivity index (χ1) is 10.2. The first kappa shape index (κ1) is 17.4. The van der Waals surface area contributed by atoms with E-state index in [4.69, 9.17) is 0 Å². The molecule has 1 fully saturated rings. The van der Waals surface area contributed by atoms with Gasteiger partial charge in [0.25, 0.3) is 0 Å². The van der Waals surface area contributed by atoms with E-state index < -0.39 is 10.0 Å². The Labute approximate surface area is 133 Å². The van der Waals surface area contributed by atoms with Gasteiger partial charge in [-0.3, -0.25) is 9.58 Å².